The summed E-state index contributed by atoms with van der Waals surface area (Å²) in [5.41, 5.74) is 2.31. The van der Waals surface area contributed by atoms with E-state index < -0.39 is 0 Å². The first-order chi connectivity index (χ1) is 9.79. The Bertz CT molecular complexity index is 460. The number of para-hydroxylation sites is 1. The maximum atomic E-state index is 12.7. The Balaban J connectivity index is 1.68. The molecule has 0 saturated heterocycles. The van der Waals surface area contributed by atoms with Gasteiger partial charge in [-0.15, -0.1) is 0 Å². The molecule has 108 valence electrons. The van der Waals surface area contributed by atoms with Crippen molar-refractivity contribution >= 4 is 11.6 Å². The Morgan fingerprint density at radius 2 is 2.15 bits per heavy atom. The number of benzene rings is 1. The van der Waals surface area contributed by atoms with E-state index in [1.54, 1.807) is 0 Å². The lowest BCUT2D eigenvalue weighted by molar-refractivity contribution is -0.136. The van der Waals surface area contributed by atoms with Gasteiger partial charge in [-0.2, -0.15) is 0 Å². The fourth-order valence-corrected chi connectivity index (χ4v) is 3.06. The fourth-order valence-electron chi connectivity index (χ4n) is 3.06. The fraction of sp³-hybridized carbons (Fsp3) is 0.562. The number of carbonyl (C=O) groups is 1. The number of anilines is 1. The van der Waals surface area contributed by atoms with E-state index in [1.165, 1.54) is 12.0 Å². The van der Waals surface area contributed by atoms with Crippen molar-refractivity contribution in [3.63, 3.8) is 0 Å². The first kappa shape index (κ1) is 13.4. The average Bonchev–Trinajstić information content (AvgIpc) is 2.84. The molecule has 0 spiro atoms. The monoisotopic (exact) mass is 274 g/mol. The van der Waals surface area contributed by atoms with Gasteiger partial charge >= 0.3 is 0 Å². The molecule has 3 rings (SSSR count). The molecule has 4 heteroatoms. The van der Waals surface area contributed by atoms with Gasteiger partial charge in [0.05, 0.1) is 0 Å². The van der Waals surface area contributed by atoms with Crippen LogP contribution in [-0.2, 0) is 11.2 Å². The lowest BCUT2D eigenvalue weighted by atomic mass is 9.90. The predicted octanol–water partition coefficient (Wildman–Crippen LogP) is 1.79. The minimum atomic E-state index is -0.133. The first-order valence-corrected chi connectivity index (χ1v) is 7.55. The summed E-state index contributed by atoms with van der Waals surface area (Å²) in [6.45, 7) is 0.823. The number of carbonyl (C=O) groups excluding carboxylic acids is 1. The largest absolute Gasteiger partial charge is 0.396 e. The number of amides is 1. The zero-order chi connectivity index (χ0) is 13.9. The van der Waals surface area contributed by atoms with Crippen LogP contribution in [-0.4, -0.2) is 41.1 Å². The van der Waals surface area contributed by atoms with E-state index in [4.69, 9.17) is 5.11 Å². The first-order valence-electron chi connectivity index (χ1n) is 7.55. The second kappa shape index (κ2) is 5.83. The lowest BCUT2D eigenvalue weighted by Crippen LogP contribution is -2.50. The van der Waals surface area contributed by atoms with Gasteiger partial charge in [-0.05, 0) is 37.3 Å². The summed E-state index contributed by atoms with van der Waals surface area (Å²) in [4.78, 5) is 14.7. The molecule has 1 atom stereocenters. The Kier molecular flexibility index (Phi) is 3.92. The van der Waals surface area contributed by atoms with Gasteiger partial charge < -0.3 is 15.3 Å². The zero-order valence-electron chi connectivity index (χ0n) is 11.7. The van der Waals surface area contributed by atoms with Gasteiger partial charge in [-0.3, -0.25) is 4.79 Å². The molecule has 20 heavy (non-hydrogen) atoms. The maximum absolute atomic E-state index is 12.7. The molecule has 1 aromatic carbocycles. The molecule has 1 unspecified atom stereocenters. The molecule has 2 aliphatic rings. The smallest absolute Gasteiger partial charge is 0.245 e. The standard InChI is InChI=1S/C16H22N2O2/c19-10-4-9-18(13-6-3-7-13)16(20)15-11-12-5-1-2-8-14(12)17-15/h1-2,5,8,13,15,17,19H,3-4,6-7,9-11H2. The van der Waals surface area contributed by atoms with Gasteiger partial charge in [0, 0.05) is 31.3 Å². The number of nitrogens with zero attached hydrogens (tertiary/aromatic N) is 1. The van der Waals surface area contributed by atoms with Crippen molar-refractivity contribution in [2.45, 2.75) is 44.2 Å². The Morgan fingerprint density at radius 3 is 2.80 bits per heavy atom. The second-order valence-corrected chi connectivity index (χ2v) is 5.75. The summed E-state index contributed by atoms with van der Waals surface area (Å²) in [7, 11) is 0. The molecular weight excluding hydrogens is 252 g/mol. The maximum Gasteiger partial charge on any atom is 0.245 e. The summed E-state index contributed by atoms with van der Waals surface area (Å²) in [5.74, 6) is 0.194. The van der Waals surface area contributed by atoms with Crippen molar-refractivity contribution in [1.29, 1.82) is 0 Å². The van der Waals surface area contributed by atoms with Crippen LogP contribution < -0.4 is 5.32 Å². The van der Waals surface area contributed by atoms with Crippen LogP contribution in [0.2, 0.25) is 0 Å². The summed E-state index contributed by atoms with van der Waals surface area (Å²) in [6.07, 6.45) is 4.87. The molecule has 1 aliphatic heterocycles. The number of fused-ring (bicyclic) bond motifs is 1. The van der Waals surface area contributed by atoms with E-state index in [9.17, 15) is 4.79 Å². The number of hydrogen-bond donors (Lipinski definition) is 2. The van der Waals surface area contributed by atoms with Crippen LogP contribution >= 0.6 is 0 Å². The number of aliphatic hydroxyl groups is 1. The number of aliphatic hydroxyl groups excluding tert-OH is 1. The van der Waals surface area contributed by atoms with Gasteiger partial charge in [0.2, 0.25) is 5.91 Å². The van der Waals surface area contributed by atoms with Crippen LogP contribution in [0, 0.1) is 0 Å². The molecule has 4 nitrogen and oxygen atoms in total. The molecule has 0 radical (unpaired) electrons. The van der Waals surface area contributed by atoms with E-state index in [1.807, 2.05) is 23.1 Å². The summed E-state index contributed by atoms with van der Waals surface area (Å²) >= 11 is 0. The molecule has 0 bridgehead atoms. The van der Waals surface area contributed by atoms with Gasteiger partial charge in [-0.1, -0.05) is 18.2 Å². The van der Waals surface area contributed by atoms with E-state index >= 15 is 0 Å². The highest BCUT2D eigenvalue weighted by Crippen LogP contribution is 2.30. The van der Waals surface area contributed by atoms with Crippen molar-refractivity contribution in [3.05, 3.63) is 29.8 Å². The van der Waals surface area contributed by atoms with Gasteiger partial charge in [0.25, 0.3) is 0 Å². The van der Waals surface area contributed by atoms with Crippen molar-refractivity contribution < 1.29 is 9.90 Å². The zero-order valence-corrected chi connectivity index (χ0v) is 11.7. The minimum absolute atomic E-state index is 0.133. The summed E-state index contributed by atoms with van der Waals surface area (Å²) in [6, 6.07) is 8.38. The number of rotatable bonds is 5. The van der Waals surface area contributed by atoms with Crippen molar-refractivity contribution in [3.8, 4) is 0 Å². The van der Waals surface area contributed by atoms with Crippen LogP contribution in [0.1, 0.15) is 31.2 Å². The van der Waals surface area contributed by atoms with Crippen LogP contribution in [0.4, 0.5) is 5.69 Å². The number of nitrogens with one attached hydrogen (secondary N) is 1. The van der Waals surface area contributed by atoms with Gasteiger partial charge in [-0.25, -0.2) is 0 Å². The predicted molar refractivity (Wildman–Crippen MR) is 78.6 cm³/mol. The van der Waals surface area contributed by atoms with Gasteiger partial charge in [0.1, 0.15) is 6.04 Å². The van der Waals surface area contributed by atoms with Crippen LogP contribution in [0.25, 0.3) is 0 Å². The van der Waals surface area contributed by atoms with E-state index in [2.05, 4.69) is 11.4 Å². The van der Waals surface area contributed by atoms with Crippen molar-refractivity contribution in [2.75, 3.05) is 18.5 Å². The third kappa shape index (κ3) is 2.52. The van der Waals surface area contributed by atoms with Crippen LogP contribution in [0.3, 0.4) is 0 Å². The third-order valence-electron chi connectivity index (χ3n) is 4.42. The minimum Gasteiger partial charge on any atom is -0.396 e. The van der Waals surface area contributed by atoms with E-state index in [-0.39, 0.29) is 18.6 Å². The van der Waals surface area contributed by atoms with Gasteiger partial charge in [0.15, 0.2) is 0 Å². The molecule has 2 N–H and O–H groups in total. The molecule has 1 aromatic rings. The second-order valence-electron chi connectivity index (χ2n) is 5.75. The molecule has 1 fully saturated rings. The molecular formula is C16H22N2O2. The lowest BCUT2D eigenvalue weighted by Gasteiger charge is -2.39. The van der Waals surface area contributed by atoms with Crippen molar-refractivity contribution in [2.24, 2.45) is 0 Å². The quantitative estimate of drug-likeness (QED) is 0.860. The van der Waals surface area contributed by atoms with Crippen molar-refractivity contribution in [1.82, 2.24) is 4.90 Å². The highest BCUT2D eigenvalue weighted by atomic mass is 16.3. The van der Waals surface area contributed by atoms with Crippen LogP contribution in [0.5, 0.6) is 0 Å². The highest BCUT2D eigenvalue weighted by molar-refractivity contribution is 5.87. The molecule has 1 saturated carbocycles. The third-order valence-corrected chi connectivity index (χ3v) is 4.42. The topological polar surface area (TPSA) is 52.6 Å². The van der Waals surface area contributed by atoms with E-state index in [0.29, 0.717) is 19.0 Å². The average molecular weight is 274 g/mol. The Morgan fingerprint density at radius 1 is 1.35 bits per heavy atom. The molecule has 1 heterocycles. The summed E-state index contributed by atoms with van der Waals surface area (Å²) in [5, 5.41) is 12.4. The molecule has 1 aliphatic carbocycles. The highest BCUT2D eigenvalue weighted by Gasteiger charge is 2.35. The molecule has 1 amide bonds. The van der Waals surface area contributed by atoms with Crippen LogP contribution in [0.15, 0.2) is 24.3 Å². The SMILES string of the molecule is O=C(C1Cc2ccccc2N1)N(CCCO)C1CCC1. The molecule has 0 aromatic heterocycles. The Hall–Kier alpha value is -1.55. The number of hydrogen-bond acceptors (Lipinski definition) is 3. The van der Waals surface area contributed by atoms with E-state index in [0.717, 1.165) is 24.9 Å². The summed E-state index contributed by atoms with van der Waals surface area (Å²) < 4.78 is 0. The Labute approximate surface area is 119 Å². The normalized spacial score (nSPS) is 20.9.